The monoisotopic (exact) mass is 400 g/mol. The Morgan fingerprint density at radius 3 is 1.12 bits per heavy atom. The molecule has 138 valence electrons. The van der Waals surface area contributed by atoms with Crippen molar-refractivity contribution in [3.05, 3.63) is 28.9 Å². The molecular weight excluding hydrogens is 388 g/mol. The third-order valence-electron chi connectivity index (χ3n) is 2.88. The molecule has 2 heterocycles. The summed E-state index contributed by atoms with van der Waals surface area (Å²) < 4.78 is 2.62. The largest absolute Gasteiger partial charge is 0.332 e. The molecule has 0 aliphatic rings. The fourth-order valence-electron chi connectivity index (χ4n) is 1.96. The lowest BCUT2D eigenvalue weighted by Crippen LogP contribution is -2.35. The van der Waals surface area contributed by atoms with E-state index in [-0.39, 0.29) is 9.60 Å². The number of aromatic nitrogens is 4. The molecule has 12 nitrogen and oxygen atoms in total. The molecule has 0 saturated heterocycles. The van der Waals surface area contributed by atoms with Gasteiger partial charge in [0.05, 0.1) is 0 Å². The summed E-state index contributed by atoms with van der Waals surface area (Å²) in [6, 6.07) is 0. The Morgan fingerprint density at radius 1 is 0.615 bits per heavy atom. The fraction of sp³-hybridized carbons (Fsp3) is 0.333. The molecule has 2 rings (SSSR count). The highest BCUT2D eigenvalue weighted by molar-refractivity contribution is 7.06. The highest BCUT2D eigenvalue weighted by Crippen LogP contribution is 1.89. The van der Waals surface area contributed by atoms with E-state index in [2.05, 4.69) is 10.2 Å². The van der Waals surface area contributed by atoms with Gasteiger partial charge in [-0.1, -0.05) is 0 Å². The summed E-state index contributed by atoms with van der Waals surface area (Å²) in [5.74, 6) is -2.73. The number of carbonyl (C=O) groups is 4. The Labute approximate surface area is 151 Å². The number of rotatable bonds is 1. The molecule has 0 spiro atoms. The van der Waals surface area contributed by atoms with Crippen LogP contribution < -0.4 is 19.3 Å². The van der Waals surface area contributed by atoms with Crippen LogP contribution >= 0.6 is 22.7 Å². The molecule has 0 unspecified atom stereocenters. The van der Waals surface area contributed by atoms with Crippen molar-refractivity contribution in [3.63, 3.8) is 0 Å². The van der Waals surface area contributed by atoms with E-state index in [0.29, 0.717) is 32.0 Å². The predicted molar refractivity (Wildman–Crippen MR) is 89.5 cm³/mol. The van der Waals surface area contributed by atoms with E-state index in [1.54, 1.807) is 0 Å². The van der Waals surface area contributed by atoms with Gasteiger partial charge in [0, 0.05) is 27.7 Å². The average Bonchev–Trinajstić information content (AvgIpc) is 3.01. The lowest BCUT2D eigenvalue weighted by Gasteiger charge is -2.02. The second kappa shape index (κ2) is 7.09. The van der Waals surface area contributed by atoms with E-state index >= 15 is 0 Å². The summed E-state index contributed by atoms with van der Waals surface area (Å²) in [6.07, 6.45) is 0. The van der Waals surface area contributed by atoms with Crippen molar-refractivity contribution < 1.29 is 19.2 Å². The molecule has 2 aromatic rings. The quantitative estimate of drug-likeness (QED) is 0.549. The standard InChI is InChI=1S/C12H12N6O6S2/c1-5(19)15-9(25-11(23)17(15)7(3)21)13-14-10-16(6(2)20)18(8(4)22)12(24)26-10/h1-4H3/b13-9-,14-10+. The summed E-state index contributed by atoms with van der Waals surface area (Å²) >= 11 is 0.951. The molecule has 26 heavy (non-hydrogen) atoms. The smallest absolute Gasteiger partial charge is 0.273 e. The van der Waals surface area contributed by atoms with E-state index in [0.717, 1.165) is 37.1 Å². The molecule has 0 amide bonds. The van der Waals surface area contributed by atoms with Crippen LogP contribution in [0, 0.1) is 0 Å². The third-order valence-corrected chi connectivity index (χ3v) is 4.45. The van der Waals surface area contributed by atoms with Crippen molar-refractivity contribution in [1.82, 2.24) is 18.7 Å². The SMILES string of the molecule is CC(=O)n1c(=O)s/c(=N\N=c2\sc(=O)n(C(C)=O)n2C(C)=O)n1C(C)=O. The molecule has 0 atom stereocenters. The minimum absolute atomic E-state index is 0.233. The minimum atomic E-state index is -0.754. The zero-order valence-electron chi connectivity index (χ0n) is 13.9. The number of nitrogens with zero attached hydrogens (tertiary/aromatic N) is 6. The van der Waals surface area contributed by atoms with Gasteiger partial charge >= 0.3 is 9.75 Å². The molecular formula is C12H12N6O6S2. The molecule has 0 fully saturated rings. The molecule has 14 heteroatoms. The normalized spacial score (nSPS) is 12.5. The van der Waals surface area contributed by atoms with Crippen LogP contribution in [0.1, 0.15) is 46.9 Å². The van der Waals surface area contributed by atoms with Gasteiger partial charge in [0.15, 0.2) is 0 Å². The summed E-state index contributed by atoms with van der Waals surface area (Å²) in [7, 11) is 0. The lowest BCUT2D eigenvalue weighted by atomic mass is 10.7. The predicted octanol–water partition coefficient (Wildman–Crippen LogP) is -1.21. The van der Waals surface area contributed by atoms with E-state index < -0.39 is 33.4 Å². The van der Waals surface area contributed by atoms with Gasteiger partial charge in [0.2, 0.25) is 33.2 Å². The van der Waals surface area contributed by atoms with Gasteiger partial charge in [-0.25, -0.2) is 0 Å². The van der Waals surface area contributed by atoms with Crippen LogP contribution in [0.4, 0.5) is 0 Å². The lowest BCUT2D eigenvalue weighted by molar-refractivity contribution is 0.0811. The van der Waals surface area contributed by atoms with Crippen LogP contribution in [0.2, 0.25) is 0 Å². The Balaban J connectivity index is 2.87. The maximum Gasteiger partial charge on any atom is 0.332 e. The van der Waals surface area contributed by atoms with E-state index in [1.807, 2.05) is 0 Å². The topological polar surface area (TPSA) is 147 Å². The highest BCUT2D eigenvalue weighted by atomic mass is 32.1. The van der Waals surface area contributed by atoms with Crippen LogP contribution in [0.3, 0.4) is 0 Å². The molecule has 0 aliphatic carbocycles. The second-order valence-electron chi connectivity index (χ2n) is 4.82. The Hall–Kier alpha value is -3.00. The first-order valence-electron chi connectivity index (χ1n) is 6.88. The summed E-state index contributed by atoms with van der Waals surface area (Å²) in [6.45, 7) is 4.42. The van der Waals surface area contributed by atoms with Gasteiger partial charge in [-0.15, -0.1) is 10.2 Å². The maximum absolute atomic E-state index is 11.9. The third kappa shape index (κ3) is 3.36. The van der Waals surface area contributed by atoms with Gasteiger partial charge in [-0.3, -0.25) is 28.8 Å². The first-order chi connectivity index (χ1) is 12.1. The number of carbonyl (C=O) groups excluding carboxylic acids is 4. The van der Waals surface area contributed by atoms with Crippen LogP contribution in [0.25, 0.3) is 0 Å². The van der Waals surface area contributed by atoms with Crippen molar-refractivity contribution in [2.45, 2.75) is 27.7 Å². The Bertz CT molecular complexity index is 1100. The molecule has 2 aromatic heterocycles. The van der Waals surface area contributed by atoms with Crippen molar-refractivity contribution in [1.29, 1.82) is 0 Å². The highest BCUT2D eigenvalue weighted by Gasteiger charge is 2.17. The van der Waals surface area contributed by atoms with Gasteiger partial charge in [-0.05, 0) is 22.7 Å². The van der Waals surface area contributed by atoms with Crippen LogP contribution in [0.5, 0.6) is 0 Å². The zero-order chi connectivity index (χ0) is 19.8. The number of hydrogen-bond acceptors (Lipinski definition) is 10. The zero-order valence-corrected chi connectivity index (χ0v) is 15.6. The van der Waals surface area contributed by atoms with Gasteiger partial charge in [0.1, 0.15) is 0 Å². The Kier molecular flexibility index (Phi) is 5.27. The van der Waals surface area contributed by atoms with Gasteiger partial charge < -0.3 is 0 Å². The maximum atomic E-state index is 11.9. The first-order valence-corrected chi connectivity index (χ1v) is 8.51. The average molecular weight is 400 g/mol. The van der Waals surface area contributed by atoms with Crippen LogP contribution in [-0.4, -0.2) is 42.4 Å². The molecule has 0 saturated carbocycles. The Morgan fingerprint density at radius 2 is 0.885 bits per heavy atom. The van der Waals surface area contributed by atoms with Gasteiger partial charge in [0.25, 0.3) is 0 Å². The van der Waals surface area contributed by atoms with Gasteiger partial charge in [-0.2, -0.15) is 18.7 Å². The van der Waals surface area contributed by atoms with Crippen molar-refractivity contribution in [2.75, 3.05) is 0 Å². The van der Waals surface area contributed by atoms with Crippen molar-refractivity contribution in [3.8, 4) is 0 Å². The fourth-order valence-corrected chi connectivity index (χ4v) is 3.63. The summed E-state index contributed by atoms with van der Waals surface area (Å²) in [4.78, 5) is 68.3. The van der Waals surface area contributed by atoms with E-state index in [4.69, 9.17) is 0 Å². The molecule has 0 radical (unpaired) electrons. The molecule has 0 bridgehead atoms. The minimum Gasteiger partial charge on any atom is -0.273 e. The van der Waals surface area contributed by atoms with E-state index in [9.17, 15) is 28.8 Å². The molecule has 0 aromatic carbocycles. The van der Waals surface area contributed by atoms with Crippen LogP contribution in [0.15, 0.2) is 19.8 Å². The summed E-state index contributed by atoms with van der Waals surface area (Å²) in [5.41, 5.74) is 0. The molecule has 0 aliphatic heterocycles. The van der Waals surface area contributed by atoms with Crippen molar-refractivity contribution in [2.24, 2.45) is 10.2 Å². The second-order valence-corrected chi connectivity index (χ2v) is 6.66. The number of hydrogen-bond donors (Lipinski definition) is 0. The van der Waals surface area contributed by atoms with Crippen LogP contribution in [-0.2, 0) is 0 Å². The van der Waals surface area contributed by atoms with E-state index in [1.165, 1.54) is 0 Å². The van der Waals surface area contributed by atoms with Crippen molar-refractivity contribution >= 4 is 46.3 Å². The summed E-state index contributed by atoms with van der Waals surface area (Å²) in [5, 5.41) is 7.41. The first kappa shape index (κ1) is 19.3. The molecule has 0 N–H and O–H groups in total.